The Balaban J connectivity index is 2.20. The van der Waals surface area contributed by atoms with Gasteiger partial charge in [0.1, 0.15) is 17.1 Å². The van der Waals surface area contributed by atoms with E-state index in [0.29, 0.717) is 5.56 Å². The molecule has 0 saturated carbocycles. The van der Waals surface area contributed by atoms with Gasteiger partial charge >= 0.3 is 0 Å². The molecule has 0 fully saturated rings. The van der Waals surface area contributed by atoms with Crippen LogP contribution in [0.25, 0.3) is 0 Å². The fourth-order valence-corrected chi connectivity index (χ4v) is 2.00. The molecule has 114 valence electrons. The van der Waals surface area contributed by atoms with Crippen molar-refractivity contribution in [2.45, 2.75) is 6.42 Å². The van der Waals surface area contributed by atoms with E-state index < -0.39 is 5.78 Å². The minimum absolute atomic E-state index is 0.0103. The van der Waals surface area contributed by atoms with Gasteiger partial charge in [0.2, 0.25) is 0 Å². The number of carbonyl (C=O) groups excluding carboxylic acids is 2. The number of ether oxygens (including phenoxy) is 2. The number of Topliss-reactive ketones (excluding diaryl/α,β-unsaturated/α-hetero) is 2. The Labute approximate surface area is 128 Å². The van der Waals surface area contributed by atoms with Crippen molar-refractivity contribution in [2.75, 3.05) is 13.9 Å². The molecular formula is C17H16O5. The summed E-state index contributed by atoms with van der Waals surface area (Å²) >= 11 is 0. The zero-order chi connectivity index (χ0) is 15.9. The Morgan fingerprint density at radius 1 is 1.00 bits per heavy atom. The van der Waals surface area contributed by atoms with Gasteiger partial charge in [0.15, 0.2) is 18.4 Å². The molecule has 0 saturated heterocycles. The molecule has 0 heterocycles. The zero-order valence-electron chi connectivity index (χ0n) is 12.1. The van der Waals surface area contributed by atoms with Crippen LogP contribution in [0.2, 0.25) is 0 Å². The zero-order valence-corrected chi connectivity index (χ0v) is 12.1. The van der Waals surface area contributed by atoms with Gasteiger partial charge in [-0.05, 0) is 12.1 Å². The minimum atomic E-state index is -0.502. The molecule has 0 bridgehead atoms. The quantitative estimate of drug-likeness (QED) is 0.483. The molecule has 0 unspecified atom stereocenters. The van der Waals surface area contributed by atoms with E-state index in [1.165, 1.54) is 13.2 Å². The van der Waals surface area contributed by atoms with Crippen LogP contribution in [-0.2, 0) is 4.74 Å². The van der Waals surface area contributed by atoms with Crippen LogP contribution in [0.15, 0.2) is 48.5 Å². The summed E-state index contributed by atoms with van der Waals surface area (Å²) in [6.07, 6.45) is -0.342. The van der Waals surface area contributed by atoms with E-state index in [-0.39, 0.29) is 36.1 Å². The van der Waals surface area contributed by atoms with Crippen LogP contribution in [0.4, 0.5) is 0 Å². The number of phenolic OH excluding ortho intramolecular Hbond substituents is 1. The second kappa shape index (κ2) is 7.38. The van der Waals surface area contributed by atoms with Gasteiger partial charge in [-0.15, -0.1) is 0 Å². The van der Waals surface area contributed by atoms with E-state index in [2.05, 4.69) is 0 Å². The highest BCUT2D eigenvalue weighted by Crippen LogP contribution is 2.29. The molecule has 0 aliphatic carbocycles. The number of methoxy groups -OCH3 is 1. The maximum Gasteiger partial charge on any atom is 0.188 e. The lowest BCUT2D eigenvalue weighted by Gasteiger charge is -2.11. The molecule has 0 atom stereocenters. The van der Waals surface area contributed by atoms with E-state index in [0.717, 1.165) is 0 Å². The third-order valence-corrected chi connectivity index (χ3v) is 3.03. The summed E-state index contributed by atoms with van der Waals surface area (Å²) in [5.74, 6) is -0.850. The number of hydrogen-bond donors (Lipinski definition) is 1. The molecule has 0 aliphatic heterocycles. The number of phenols is 1. The Bertz CT molecular complexity index is 664. The van der Waals surface area contributed by atoms with Gasteiger partial charge in [-0.3, -0.25) is 9.59 Å². The van der Waals surface area contributed by atoms with Crippen LogP contribution in [0.5, 0.6) is 11.5 Å². The molecule has 2 rings (SSSR count). The smallest absolute Gasteiger partial charge is 0.188 e. The van der Waals surface area contributed by atoms with Gasteiger partial charge in [-0.2, -0.15) is 0 Å². The van der Waals surface area contributed by atoms with Crippen LogP contribution in [0, 0.1) is 0 Å². The molecule has 0 spiro atoms. The highest BCUT2D eigenvalue weighted by molar-refractivity contribution is 6.15. The van der Waals surface area contributed by atoms with Crippen molar-refractivity contribution in [3.05, 3.63) is 59.7 Å². The Kier molecular flexibility index (Phi) is 5.27. The first-order valence-electron chi connectivity index (χ1n) is 6.68. The fraction of sp³-hybridized carbons (Fsp3) is 0.176. The maximum absolute atomic E-state index is 12.3. The van der Waals surface area contributed by atoms with Crippen molar-refractivity contribution in [3.8, 4) is 11.5 Å². The number of ketones is 2. The lowest BCUT2D eigenvalue weighted by molar-refractivity contribution is 0.0500. The molecule has 0 aliphatic rings. The van der Waals surface area contributed by atoms with Crippen LogP contribution in [0.3, 0.4) is 0 Å². The third-order valence-electron chi connectivity index (χ3n) is 3.03. The monoisotopic (exact) mass is 300 g/mol. The van der Waals surface area contributed by atoms with E-state index in [9.17, 15) is 14.7 Å². The third kappa shape index (κ3) is 3.71. The summed E-state index contributed by atoms with van der Waals surface area (Å²) in [4.78, 5) is 24.4. The molecular weight excluding hydrogens is 284 g/mol. The highest BCUT2D eigenvalue weighted by Gasteiger charge is 2.21. The number of carbonyl (C=O) groups is 2. The van der Waals surface area contributed by atoms with E-state index in [1.807, 2.05) is 0 Å². The van der Waals surface area contributed by atoms with Crippen molar-refractivity contribution in [2.24, 2.45) is 0 Å². The Morgan fingerprint density at radius 2 is 1.73 bits per heavy atom. The van der Waals surface area contributed by atoms with E-state index in [1.54, 1.807) is 42.5 Å². The molecule has 0 radical (unpaired) electrons. The van der Waals surface area contributed by atoms with Gasteiger partial charge in [0, 0.05) is 12.7 Å². The van der Waals surface area contributed by atoms with Crippen LogP contribution in [-0.4, -0.2) is 30.6 Å². The van der Waals surface area contributed by atoms with E-state index >= 15 is 0 Å². The molecule has 5 heteroatoms. The van der Waals surface area contributed by atoms with Gasteiger partial charge in [-0.1, -0.05) is 36.4 Å². The van der Waals surface area contributed by atoms with Crippen molar-refractivity contribution in [3.63, 3.8) is 0 Å². The molecule has 2 aromatic rings. The summed E-state index contributed by atoms with van der Waals surface area (Å²) in [5, 5.41) is 9.89. The molecule has 22 heavy (non-hydrogen) atoms. The fourth-order valence-electron chi connectivity index (χ4n) is 2.00. The van der Waals surface area contributed by atoms with Crippen LogP contribution >= 0.6 is 0 Å². The second-order valence-corrected chi connectivity index (χ2v) is 4.59. The second-order valence-electron chi connectivity index (χ2n) is 4.59. The molecule has 0 aromatic heterocycles. The maximum atomic E-state index is 12.3. The minimum Gasteiger partial charge on any atom is -0.507 e. The molecule has 1 N–H and O–H groups in total. The summed E-state index contributed by atoms with van der Waals surface area (Å²) in [6.45, 7) is -0.0592. The lowest BCUT2D eigenvalue weighted by atomic mass is 10.0. The largest absolute Gasteiger partial charge is 0.507 e. The van der Waals surface area contributed by atoms with Crippen molar-refractivity contribution < 1.29 is 24.2 Å². The van der Waals surface area contributed by atoms with Gasteiger partial charge in [0.25, 0.3) is 0 Å². The van der Waals surface area contributed by atoms with Gasteiger partial charge in [0.05, 0.1) is 6.42 Å². The summed E-state index contributed by atoms with van der Waals surface area (Å²) < 4.78 is 10.0. The Hall–Kier alpha value is -2.66. The highest BCUT2D eigenvalue weighted by atomic mass is 16.7. The first kappa shape index (κ1) is 15.7. The number of aromatic hydroxyl groups is 1. The number of hydrogen-bond acceptors (Lipinski definition) is 5. The van der Waals surface area contributed by atoms with Crippen molar-refractivity contribution in [1.82, 2.24) is 0 Å². The molecule has 0 amide bonds. The summed E-state index contributed by atoms with van der Waals surface area (Å²) in [7, 11) is 1.45. The number of rotatable bonds is 7. The Morgan fingerprint density at radius 3 is 2.41 bits per heavy atom. The number of benzene rings is 2. The molecule has 2 aromatic carbocycles. The average molecular weight is 300 g/mol. The van der Waals surface area contributed by atoms with Crippen molar-refractivity contribution >= 4 is 11.6 Å². The SMILES string of the molecule is COCOc1cccc(O)c1C(=O)CC(=O)c1ccccc1. The average Bonchev–Trinajstić information content (AvgIpc) is 2.53. The topological polar surface area (TPSA) is 72.8 Å². The first-order valence-corrected chi connectivity index (χ1v) is 6.68. The standard InChI is InChI=1S/C17H16O5/c1-21-11-22-16-9-5-8-13(18)17(16)15(20)10-14(19)12-6-3-2-4-7-12/h2-9,18H,10-11H2,1H3. The van der Waals surface area contributed by atoms with Crippen LogP contribution in [0.1, 0.15) is 27.1 Å². The lowest BCUT2D eigenvalue weighted by Crippen LogP contribution is -2.11. The van der Waals surface area contributed by atoms with E-state index in [4.69, 9.17) is 9.47 Å². The van der Waals surface area contributed by atoms with Gasteiger partial charge < -0.3 is 14.6 Å². The predicted octanol–water partition coefficient (Wildman–Crippen LogP) is 2.83. The molecule has 5 nitrogen and oxygen atoms in total. The van der Waals surface area contributed by atoms with Crippen molar-refractivity contribution in [1.29, 1.82) is 0 Å². The summed E-state index contributed by atoms with van der Waals surface area (Å²) in [6, 6.07) is 13.0. The van der Waals surface area contributed by atoms with Crippen LogP contribution < -0.4 is 4.74 Å². The normalized spacial score (nSPS) is 10.2. The summed E-state index contributed by atoms with van der Waals surface area (Å²) in [5.41, 5.74) is 0.439. The van der Waals surface area contributed by atoms with Gasteiger partial charge in [-0.25, -0.2) is 0 Å². The predicted molar refractivity (Wildman–Crippen MR) is 80.3 cm³/mol. The first-order chi connectivity index (χ1) is 10.6.